The zero-order valence-corrected chi connectivity index (χ0v) is 13.8. The Morgan fingerprint density at radius 2 is 2.13 bits per heavy atom. The second-order valence-electron chi connectivity index (χ2n) is 4.93. The molecule has 0 aliphatic heterocycles. The van der Waals surface area contributed by atoms with Crippen LogP contribution in [0, 0.1) is 0 Å². The zero-order valence-electron chi connectivity index (χ0n) is 12.3. The number of hydrogen-bond donors (Lipinski definition) is 1. The molecule has 0 radical (unpaired) electrons. The van der Waals surface area contributed by atoms with Crippen molar-refractivity contribution in [2.75, 3.05) is 12.3 Å². The summed E-state index contributed by atoms with van der Waals surface area (Å²) in [7, 11) is 0. The molecule has 2 heterocycles. The third kappa shape index (κ3) is 4.24. The molecular weight excluding hydrogens is 332 g/mol. The Kier molecular flexibility index (Phi) is 5.15. The Hall–Kier alpha value is -2.05. The van der Waals surface area contributed by atoms with Crippen molar-refractivity contribution in [3.8, 4) is 0 Å². The standard InChI is InChI=1S/C16H15ClN4OS/c17-13-5-3-4-12(10-13)7-8-18-15(22)11-23-16-20-19-14-6-1-2-9-21(14)16/h1-6,9-10H,7-8,11H2,(H,18,22). The van der Waals surface area contributed by atoms with E-state index in [-0.39, 0.29) is 5.91 Å². The van der Waals surface area contributed by atoms with Gasteiger partial charge in [-0.3, -0.25) is 9.20 Å². The van der Waals surface area contributed by atoms with Crippen LogP contribution in [0.1, 0.15) is 5.56 Å². The largest absolute Gasteiger partial charge is 0.355 e. The maximum Gasteiger partial charge on any atom is 0.230 e. The summed E-state index contributed by atoms with van der Waals surface area (Å²) in [6.45, 7) is 0.584. The minimum absolute atomic E-state index is 0.0234. The molecule has 0 saturated carbocycles. The summed E-state index contributed by atoms with van der Waals surface area (Å²) >= 11 is 7.30. The van der Waals surface area contributed by atoms with Crippen LogP contribution in [0.15, 0.2) is 53.8 Å². The van der Waals surface area contributed by atoms with E-state index in [1.807, 2.05) is 53.1 Å². The minimum Gasteiger partial charge on any atom is -0.355 e. The number of hydrogen-bond acceptors (Lipinski definition) is 4. The van der Waals surface area contributed by atoms with Crippen molar-refractivity contribution in [3.63, 3.8) is 0 Å². The Morgan fingerprint density at radius 3 is 3.00 bits per heavy atom. The molecule has 1 N–H and O–H groups in total. The first-order valence-corrected chi connectivity index (χ1v) is 8.52. The SMILES string of the molecule is O=C(CSc1nnc2ccccn12)NCCc1cccc(Cl)c1. The first-order valence-electron chi connectivity index (χ1n) is 7.16. The first-order chi connectivity index (χ1) is 11.2. The molecule has 1 aromatic carbocycles. The molecule has 3 rings (SSSR count). The van der Waals surface area contributed by atoms with Gasteiger partial charge < -0.3 is 5.32 Å². The van der Waals surface area contributed by atoms with E-state index in [1.165, 1.54) is 11.8 Å². The molecule has 1 amide bonds. The zero-order chi connectivity index (χ0) is 16.1. The molecule has 0 saturated heterocycles. The fourth-order valence-electron chi connectivity index (χ4n) is 2.14. The number of rotatable bonds is 6. The van der Waals surface area contributed by atoms with Gasteiger partial charge in [-0.1, -0.05) is 41.6 Å². The van der Waals surface area contributed by atoms with Gasteiger partial charge in [0.15, 0.2) is 10.8 Å². The average molecular weight is 347 g/mol. The highest BCUT2D eigenvalue weighted by atomic mass is 35.5. The Morgan fingerprint density at radius 1 is 1.22 bits per heavy atom. The number of thioether (sulfide) groups is 1. The van der Waals surface area contributed by atoms with Crippen LogP contribution in [0.4, 0.5) is 0 Å². The second-order valence-corrected chi connectivity index (χ2v) is 6.31. The van der Waals surface area contributed by atoms with E-state index in [0.717, 1.165) is 17.6 Å². The summed E-state index contributed by atoms with van der Waals surface area (Å²) in [5, 5.41) is 12.5. The topological polar surface area (TPSA) is 59.3 Å². The molecule has 7 heteroatoms. The van der Waals surface area contributed by atoms with Crippen molar-refractivity contribution in [2.45, 2.75) is 11.6 Å². The van der Waals surface area contributed by atoms with Crippen LogP contribution >= 0.6 is 23.4 Å². The molecule has 23 heavy (non-hydrogen) atoms. The van der Waals surface area contributed by atoms with Crippen LogP contribution in [0.2, 0.25) is 5.02 Å². The van der Waals surface area contributed by atoms with Crippen LogP contribution in [0.25, 0.3) is 5.65 Å². The fourth-order valence-corrected chi connectivity index (χ4v) is 3.10. The van der Waals surface area contributed by atoms with Gasteiger partial charge in [0, 0.05) is 17.8 Å². The van der Waals surface area contributed by atoms with Gasteiger partial charge in [0.1, 0.15) is 0 Å². The summed E-state index contributed by atoms with van der Waals surface area (Å²) in [4.78, 5) is 11.9. The van der Waals surface area contributed by atoms with Crippen molar-refractivity contribution in [3.05, 3.63) is 59.2 Å². The smallest absolute Gasteiger partial charge is 0.230 e. The molecular formula is C16H15ClN4OS. The van der Waals surface area contributed by atoms with Crippen LogP contribution < -0.4 is 5.32 Å². The lowest BCUT2D eigenvalue weighted by Crippen LogP contribution is -2.27. The molecule has 2 aromatic heterocycles. The maximum atomic E-state index is 11.9. The predicted octanol–water partition coefficient (Wildman–Crippen LogP) is 2.83. The Labute approximate surface area is 143 Å². The third-order valence-electron chi connectivity index (χ3n) is 3.24. The summed E-state index contributed by atoms with van der Waals surface area (Å²) in [6, 6.07) is 13.3. The molecule has 5 nitrogen and oxygen atoms in total. The first kappa shape index (κ1) is 15.8. The number of pyridine rings is 1. The second kappa shape index (κ2) is 7.48. The number of carbonyl (C=O) groups excluding carboxylic acids is 1. The number of aromatic nitrogens is 3. The molecule has 0 spiro atoms. The van der Waals surface area contributed by atoms with E-state index < -0.39 is 0 Å². The van der Waals surface area contributed by atoms with Gasteiger partial charge in [-0.15, -0.1) is 10.2 Å². The fraction of sp³-hybridized carbons (Fsp3) is 0.188. The van der Waals surface area contributed by atoms with Crippen molar-refractivity contribution in [2.24, 2.45) is 0 Å². The Bertz CT molecular complexity index is 820. The summed E-state index contributed by atoms with van der Waals surface area (Å²) < 4.78 is 1.86. The molecule has 0 bridgehead atoms. The quantitative estimate of drug-likeness (QED) is 0.697. The number of fused-ring (bicyclic) bond motifs is 1. The van der Waals surface area contributed by atoms with Gasteiger partial charge in [-0.2, -0.15) is 0 Å². The highest BCUT2D eigenvalue weighted by Crippen LogP contribution is 2.16. The van der Waals surface area contributed by atoms with Gasteiger partial charge in [0.2, 0.25) is 5.91 Å². The molecule has 0 fully saturated rings. The third-order valence-corrected chi connectivity index (χ3v) is 4.42. The van der Waals surface area contributed by atoms with E-state index in [9.17, 15) is 4.79 Å². The van der Waals surface area contributed by atoms with Crippen molar-refractivity contribution >= 4 is 34.9 Å². The van der Waals surface area contributed by atoms with E-state index in [4.69, 9.17) is 11.6 Å². The number of nitrogens with one attached hydrogen (secondary N) is 1. The maximum absolute atomic E-state index is 11.9. The number of halogens is 1. The predicted molar refractivity (Wildman–Crippen MR) is 91.9 cm³/mol. The number of benzene rings is 1. The van der Waals surface area contributed by atoms with Gasteiger partial charge in [0.25, 0.3) is 0 Å². The summed E-state index contributed by atoms with van der Waals surface area (Å²) in [5.74, 6) is 0.287. The Balaban J connectivity index is 1.46. The number of carbonyl (C=O) groups is 1. The van der Waals surface area contributed by atoms with Crippen LogP contribution in [-0.4, -0.2) is 32.8 Å². The normalized spacial score (nSPS) is 10.8. The van der Waals surface area contributed by atoms with Crippen LogP contribution in [0.5, 0.6) is 0 Å². The van der Waals surface area contributed by atoms with Crippen LogP contribution in [0.3, 0.4) is 0 Å². The van der Waals surface area contributed by atoms with Gasteiger partial charge in [-0.25, -0.2) is 0 Å². The number of amides is 1. The molecule has 0 unspecified atom stereocenters. The molecule has 3 aromatic rings. The molecule has 0 aliphatic rings. The molecule has 0 aliphatic carbocycles. The van der Waals surface area contributed by atoms with E-state index in [2.05, 4.69) is 15.5 Å². The van der Waals surface area contributed by atoms with E-state index in [0.29, 0.717) is 22.5 Å². The molecule has 118 valence electrons. The lowest BCUT2D eigenvalue weighted by Gasteiger charge is -2.05. The van der Waals surface area contributed by atoms with Gasteiger partial charge in [0.05, 0.1) is 5.75 Å². The van der Waals surface area contributed by atoms with Crippen molar-refractivity contribution in [1.29, 1.82) is 0 Å². The van der Waals surface area contributed by atoms with Crippen LogP contribution in [-0.2, 0) is 11.2 Å². The summed E-state index contributed by atoms with van der Waals surface area (Å²) in [6.07, 6.45) is 2.64. The lowest BCUT2D eigenvalue weighted by atomic mass is 10.1. The molecule has 0 atom stereocenters. The summed E-state index contributed by atoms with van der Waals surface area (Å²) in [5.41, 5.74) is 1.88. The van der Waals surface area contributed by atoms with E-state index >= 15 is 0 Å². The number of nitrogens with zero attached hydrogens (tertiary/aromatic N) is 3. The highest BCUT2D eigenvalue weighted by Gasteiger charge is 2.08. The van der Waals surface area contributed by atoms with Crippen molar-refractivity contribution in [1.82, 2.24) is 19.9 Å². The van der Waals surface area contributed by atoms with Gasteiger partial charge in [-0.05, 0) is 36.2 Å². The monoisotopic (exact) mass is 346 g/mol. The van der Waals surface area contributed by atoms with E-state index in [1.54, 1.807) is 0 Å². The highest BCUT2D eigenvalue weighted by molar-refractivity contribution is 7.99. The van der Waals surface area contributed by atoms with Gasteiger partial charge >= 0.3 is 0 Å². The average Bonchev–Trinajstić information content (AvgIpc) is 2.96. The lowest BCUT2D eigenvalue weighted by molar-refractivity contribution is -0.118. The minimum atomic E-state index is -0.0234. The van der Waals surface area contributed by atoms with Crippen molar-refractivity contribution < 1.29 is 4.79 Å².